The number of hydrogen-bond donors (Lipinski definition) is 3. The van der Waals surface area contributed by atoms with Gasteiger partial charge in [0.15, 0.2) is 0 Å². The molecule has 14 nitrogen and oxygen atoms in total. The minimum absolute atomic E-state index is 0.200. The molecule has 500 valence electrons. The molecule has 6 aliphatic heterocycles. The van der Waals surface area contributed by atoms with E-state index < -0.39 is 34.2 Å². The number of hydrogen-bond acceptors (Lipinski definition) is 11. The Hall–Kier alpha value is -8.38. The molecule has 0 spiro atoms. The number of benzene rings is 6. The number of aliphatic carboxylic acids is 3. The first-order valence-corrected chi connectivity index (χ1v) is 33.6. The van der Waals surface area contributed by atoms with Crippen LogP contribution in [0.1, 0.15) is 142 Å². The maximum Gasteiger partial charge on any atom is 0.311 e. The van der Waals surface area contributed by atoms with Crippen LogP contribution >= 0.6 is 0 Å². The lowest BCUT2D eigenvalue weighted by Crippen LogP contribution is -2.44. The number of methoxy groups -OCH3 is 2. The zero-order valence-corrected chi connectivity index (χ0v) is 55.3. The number of para-hydroxylation sites is 1. The maximum atomic E-state index is 14.3. The van der Waals surface area contributed by atoms with E-state index in [-0.39, 0.29) is 29.3 Å². The third-order valence-corrected chi connectivity index (χ3v) is 22.0. The molecule has 0 radical (unpaired) electrons. The largest absolute Gasteiger partial charge is 0.497 e. The van der Waals surface area contributed by atoms with Crippen LogP contribution in [-0.4, -0.2) is 121 Å². The molecular formula is C78H86F3N3O11. The summed E-state index contributed by atoms with van der Waals surface area (Å²) in [5.41, 5.74) is 13.9. The molecular weight excluding hydrogens is 1210 g/mol. The number of likely N-dealkylation sites (tertiary alicyclic amines) is 3. The van der Waals surface area contributed by atoms with Crippen LogP contribution < -0.4 is 23.7 Å². The summed E-state index contributed by atoms with van der Waals surface area (Å²) in [6, 6.07) is 34.3. The summed E-state index contributed by atoms with van der Waals surface area (Å²) in [5, 5.41) is 29.2. The van der Waals surface area contributed by atoms with Crippen molar-refractivity contribution in [3.05, 3.63) is 200 Å². The van der Waals surface area contributed by atoms with Crippen LogP contribution in [0, 0.1) is 45.5 Å². The highest BCUT2D eigenvalue weighted by Crippen LogP contribution is 2.59. The molecule has 2 saturated carbocycles. The Morgan fingerprint density at radius 1 is 0.495 bits per heavy atom. The number of carbonyl (C=O) groups is 3. The number of rotatable bonds is 13. The number of fused-ring (bicyclic) bond motifs is 6. The van der Waals surface area contributed by atoms with Gasteiger partial charge in [0, 0.05) is 92.3 Å². The van der Waals surface area contributed by atoms with Gasteiger partial charge in [0.25, 0.3) is 0 Å². The predicted molar refractivity (Wildman–Crippen MR) is 358 cm³/mol. The molecule has 8 aliphatic rings. The SMILES string of the molecule is CCC(CC)(CN1CCC(=C2c3ccc(OC)cc3COc3ccc(F)cc32)CC1)C(=O)O.COc1ccc2c(c1)COc1ccc(F)cc1C2=C1CCN(CC2(C(=O)O)C(C)C2C)CC1.O=C(O)C1(CN2CCC(=C3c4ccc(F)cc4COc4ccccc43)CC2)CC1. The lowest BCUT2D eigenvalue weighted by Gasteiger charge is -2.37. The second-order valence-electron chi connectivity index (χ2n) is 27.1. The second kappa shape index (κ2) is 27.8. The van der Waals surface area contributed by atoms with Crippen LogP contribution in [0.2, 0.25) is 0 Å². The first-order chi connectivity index (χ1) is 45.8. The summed E-state index contributed by atoms with van der Waals surface area (Å²) in [6.45, 7) is 15.8. The van der Waals surface area contributed by atoms with Crippen molar-refractivity contribution in [2.45, 2.75) is 112 Å². The molecule has 0 amide bonds. The van der Waals surface area contributed by atoms with E-state index in [1.807, 2.05) is 88.4 Å². The van der Waals surface area contributed by atoms with E-state index in [0.29, 0.717) is 63.8 Å². The molecule has 3 saturated heterocycles. The van der Waals surface area contributed by atoms with Crippen molar-refractivity contribution in [2.75, 3.05) is 73.1 Å². The maximum absolute atomic E-state index is 14.3. The molecule has 5 fully saturated rings. The highest BCUT2D eigenvalue weighted by atomic mass is 19.1. The van der Waals surface area contributed by atoms with Gasteiger partial charge in [-0.3, -0.25) is 14.4 Å². The van der Waals surface area contributed by atoms with Crippen LogP contribution in [0.5, 0.6) is 28.7 Å². The van der Waals surface area contributed by atoms with Crippen molar-refractivity contribution < 1.29 is 66.6 Å². The van der Waals surface area contributed by atoms with Crippen LogP contribution in [0.4, 0.5) is 13.2 Å². The summed E-state index contributed by atoms with van der Waals surface area (Å²) in [4.78, 5) is 42.3. The normalized spacial score (nSPS) is 21.2. The number of piperidine rings is 3. The average molecular weight is 1300 g/mol. The minimum Gasteiger partial charge on any atom is -0.497 e. The predicted octanol–water partition coefficient (Wildman–Crippen LogP) is 15.0. The zero-order valence-electron chi connectivity index (χ0n) is 55.3. The lowest BCUT2D eigenvalue weighted by atomic mass is 9.81. The van der Waals surface area contributed by atoms with Gasteiger partial charge in [0.05, 0.1) is 30.5 Å². The van der Waals surface area contributed by atoms with Crippen LogP contribution in [0.3, 0.4) is 0 Å². The Morgan fingerprint density at radius 2 is 0.895 bits per heavy atom. The van der Waals surface area contributed by atoms with E-state index in [2.05, 4.69) is 20.8 Å². The molecule has 3 N–H and O–H groups in total. The Morgan fingerprint density at radius 3 is 1.32 bits per heavy atom. The Bertz CT molecular complexity index is 3840. The van der Waals surface area contributed by atoms with Crippen LogP contribution in [0.25, 0.3) is 16.7 Å². The Labute approximate surface area is 554 Å². The number of nitrogens with zero attached hydrogens (tertiary/aromatic N) is 3. The van der Waals surface area contributed by atoms with Crippen molar-refractivity contribution in [2.24, 2.45) is 28.1 Å². The average Bonchev–Trinajstić information content (AvgIpc) is 1.57. The molecule has 2 aliphatic carbocycles. The molecule has 2 atom stereocenters. The molecule has 2 unspecified atom stereocenters. The molecule has 95 heavy (non-hydrogen) atoms. The second-order valence-corrected chi connectivity index (χ2v) is 27.1. The van der Waals surface area contributed by atoms with Crippen LogP contribution in [-0.2, 0) is 34.2 Å². The fraction of sp³-hybridized carbons (Fsp3) is 0.423. The van der Waals surface area contributed by atoms with Crippen molar-refractivity contribution >= 4 is 34.6 Å². The van der Waals surface area contributed by atoms with Crippen molar-refractivity contribution in [3.63, 3.8) is 0 Å². The van der Waals surface area contributed by atoms with E-state index in [1.165, 1.54) is 34.9 Å². The van der Waals surface area contributed by atoms with Crippen molar-refractivity contribution in [1.82, 2.24) is 14.7 Å². The quantitative estimate of drug-likeness (QED) is 0.0999. The number of carboxylic acids is 3. The molecule has 0 aromatic heterocycles. The van der Waals surface area contributed by atoms with Crippen molar-refractivity contribution in [3.8, 4) is 28.7 Å². The Balaban J connectivity index is 0.000000137. The topological polar surface area (TPSA) is 168 Å². The van der Waals surface area contributed by atoms with Gasteiger partial charge in [0.1, 0.15) is 66.0 Å². The number of halogens is 3. The monoisotopic (exact) mass is 1300 g/mol. The number of carboxylic acid groups (broad SMARTS) is 3. The molecule has 6 aromatic rings. The zero-order chi connectivity index (χ0) is 66.9. The number of ether oxygens (including phenoxy) is 5. The van der Waals surface area contributed by atoms with E-state index in [0.717, 1.165) is 175 Å². The molecule has 14 rings (SSSR count). The summed E-state index contributed by atoms with van der Waals surface area (Å²) in [7, 11) is 3.28. The standard InChI is InChI=1S/C27H30FNO4.C27H32FNO4.C24H24FNO3/c1-16-17(2)27(16,26(30)31)15-29-10-8-18(9-11-29)25-22-6-5-21(32-3)12-19(22)14-33-24-7-4-20(28)13-23(24)25;1-4-27(5-2,26(30)31)17-29-12-10-18(11-13-29)25-22-8-7-21(32-3)14-19(22)16-33-24-9-6-20(28)15-23(24)25;25-18-5-6-19-17(13-18)14-29-21-4-2-1-3-20(21)22(19)16-7-11-26(12-8-16)15-24(9-10-24)23(27)28/h4-7,12-13,16-17H,8-11,14-15H2,1-3H3,(H,30,31);6-9,14-15H,4-5,10-13,16-17H2,1-3H3,(H,30,31);1-6,13H,7-12,14-15H2,(H,27,28). The first-order valence-electron chi connectivity index (χ1n) is 33.6. The lowest BCUT2D eigenvalue weighted by molar-refractivity contribution is -0.151. The third kappa shape index (κ3) is 13.5. The highest BCUT2D eigenvalue weighted by Gasteiger charge is 2.65. The molecule has 0 bridgehead atoms. The van der Waals surface area contributed by atoms with Gasteiger partial charge in [-0.25, -0.2) is 13.2 Å². The van der Waals surface area contributed by atoms with Crippen molar-refractivity contribution in [1.29, 1.82) is 0 Å². The summed E-state index contributed by atoms with van der Waals surface area (Å²) in [5.74, 6) is 1.23. The van der Waals surface area contributed by atoms with Crippen LogP contribution in [0.15, 0.2) is 132 Å². The third-order valence-electron chi connectivity index (χ3n) is 22.0. The summed E-state index contributed by atoms with van der Waals surface area (Å²) in [6.07, 6.45) is 7.81. The van der Waals surface area contributed by atoms with Gasteiger partial charge in [-0.05, 0) is 188 Å². The van der Waals surface area contributed by atoms with E-state index >= 15 is 0 Å². The van der Waals surface area contributed by atoms with E-state index in [4.69, 9.17) is 23.7 Å². The molecule has 17 heteroatoms. The minimum atomic E-state index is -0.718. The smallest absolute Gasteiger partial charge is 0.311 e. The summed E-state index contributed by atoms with van der Waals surface area (Å²) >= 11 is 0. The molecule has 6 aromatic carbocycles. The highest BCUT2D eigenvalue weighted by molar-refractivity contribution is 5.90. The fourth-order valence-electron chi connectivity index (χ4n) is 15.5. The fourth-order valence-corrected chi connectivity index (χ4v) is 15.5. The van der Waals surface area contributed by atoms with E-state index in [1.54, 1.807) is 44.6 Å². The van der Waals surface area contributed by atoms with Gasteiger partial charge in [-0.2, -0.15) is 0 Å². The van der Waals surface area contributed by atoms with Gasteiger partial charge >= 0.3 is 17.9 Å². The molecule has 6 heterocycles. The van der Waals surface area contributed by atoms with Gasteiger partial charge in [0.2, 0.25) is 0 Å². The Kier molecular flexibility index (Phi) is 19.5. The first kappa shape index (κ1) is 66.6. The van der Waals surface area contributed by atoms with Gasteiger partial charge in [-0.15, -0.1) is 0 Å². The van der Waals surface area contributed by atoms with Gasteiger partial charge < -0.3 is 53.7 Å². The summed E-state index contributed by atoms with van der Waals surface area (Å²) < 4.78 is 71.4. The van der Waals surface area contributed by atoms with Gasteiger partial charge in [-0.1, -0.05) is 80.8 Å². The van der Waals surface area contributed by atoms with E-state index in [9.17, 15) is 42.9 Å².